The lowest BCUT2D eigenvalue weighted by Gasteiger charge is -2.12. The van der Waals surface area contributed by atoms with Crippen LogP contribution in [-0.4, -0.2) is 14.2 Å². The molecule has 0 spiro atoms. The van der Waals surface area contributed by atoms with Crippen molar-refractivity contribution >= 4 is 17.1 Å². The number of anilines is 3. The molecule has 5 nitrogen and oxygen atoms in total. The van der Waals surface area contributed by atoms with Crippen LogP contribution >= 0.6 is 0 Å². The van der Waals surface area contributed by atoms with E-state index in [0.717, 1.165) is 11.3 Å². The number of ether oxygens (including phenoxy) is 2. The molecule has 2 aromatic rings. The van der Waals surface area contributed by atoms with Gasteiger partial charge in [0.2, 0.25) is 0 Å². The molecule has 0 unspecified atom stereocenters. The standard InChI is InChI=1S/C15H19N3O2/c1-19-14-6-4-12(8-15(14)20-2)18-9-10-7-11(16)3-5-13(10)17/h3-8,18H,9,16-17H2,1-2H3. The Labute approximate surface area is 118 Å². The average molecular weight is 273 g/mol. The summed E-state index contributed by atoms with van der Waals surface area (Å²) < 4.78 is 10.5. The maximum Gasteiger partial charge on any atom is 0.162 e. The molecule has 2 aromatic carbocycles. The lowest BCUT2D eigenvalue weighted by molar-refractivity contribution is 0.355. The Balaban J connectivity index is 2.12. The normalized spacial score (nSPS) is 10.1. The fraction of sp³-hybridized carbons (Fsp3) is 0.200. The van der Waals surface area contributed by atoms with Crippen LogP contribution in [0, 0.1) is 0 Å². The van der Waals surface area contributed by atoms with Crippen molar-refractivity contribution in [2.75, 3.05) is 31.0 Å². The van der Waals surface area contributed by atoms with Crippen molar-refractivity contribution < 1.29 is 9.47 Å². The van der Waals surface area contributed by atoms with Crippen LogP contribution < -0.4 is 26.3 Å². The fourth-order valence-corrected chi connectivity index (χ4v) is 1.92. The Hall–Kier alpha value is -2.56. The van der Waals surface area contributed by atoms with E-state index in [2.05, 4.69) is 5.32 Å². The SMILES string of the molecule is COc1ccc(NCc2cc(N)ccc2N)cc1OC. The van der Waals surface area contributed by atoms with Crippen LogP contribution in [-0.2, 0) is 6.54 Å². The van der Waals surface area contributed by atoms with Gasteiger partial charge in [-0.15, -0.1) is 0 Å². The average Bonchev–Trinajstić information content (AvgIpc) is 2.47. The predicted octanol–water partition coefficient (Wildman–Crippen LogP) is 2.48. The van der Waals surface area contributed by atoms with Crippen LogP contribution in [0.2, 0.25) is 0 Å². The third-order valence-corrected chi connectivity index (χ3v) is 3.03. The number of nitrogens with two attached hydrogens (primary N) is 2. The summed E-state index contributed by atoms with van der Waals surface area (Å²) in [5.74, 6) is 1.37. The molecule has 0 aliphatic rings. The minimum Gasteiger partial charge on any atom is -0.493 e. The molecule has 106 valence electrons. The zero-order chi connectivity index (χ0) is 14.5. The molecular formula is C15H19N3O2. The van der Waals surface area contributed by atoms with E-state index in [1.807, 2.05) is 24.3 Å². The van der Waals surface area contributed by atoms with Gasteiger partial charge in [-0.25, -0.2) is 0 Å². The minimum atomic E-state index is 0.590. The zero-order valence-corrected chi connectivity index (χ0v) is 11.6. The summed E-state index contributed by atoms with van der Waals surface area (Å²) in [5.41, 5.74) is 15.0. The molecule has 0 aliphatic carbocycles. The number of nitrogen functional groups attached to an aromatic ring is 2. The number of rotatable bonds is 5. The van der Waals surface area contributed by atoms with E-state index in [9.17, 15) is 0 Å². The van der Waals surface area contributed by atoms with Gasteiger partial charge < -0.3 is 26.3 Å². The van der Waals surface area contributed by atoms with Crippen molar-refractivity contribution in [1.29, 1.82) is 0 Å². The van der Waals surface area contributed by atoms with E-state index in [-0.39, 0.29) is 0 Å². The first-order valence-electron chi connectivity index (χ1n) is 6.24. The van der Waals surface area contributed by atoms with Crippen LogP contribution in [0.5, 0.6) is 11.5 Å². The summed E-state index contributed by atoms with van der Waals surface area (Å²) in [6, 6.07) is 11.1. The second kappa shape index (κ2) is 6.06. The number of methoxy groups -OCH3 is 2. The van der Waals surface area contributed by atoms with Crippen molar-refractivity contribution in [1.82, 2.24) is 0 Å². The Morgan fingerprint density at radius 3 is 2.40 bits per heavy atom. The van der Waals surface area contributed by atoms with Crippen molar-refractivity contribution in [2.24, 2.45) is 0 Å². The third-order valence-electron chi connectivity index (χ3n) is 3.03. The molecule has 0 saturated carbocycles. The van der Waals surface area contributed by atoms with Crippen LogP contribution in [0.3, 0.4) is 0 Å². The van der Waals surface area contributed by atoms with Crippen LogP contribution in [0.1, 0.15) is 5.56 Å². The van der Waals surface area contributed by atoms with Crippen LogP contribution in [0.25, 0.3) is 0 Å². The van der Waals surface area contributed by atoms with Gasteiger partial charge in [0.25, 0.3) is 0 Å². The largest absolute Gasteiger partial charge is 0.493 e. The van der Waals surface area contributed by atoms with E-state index in [1.165, 1.54) is 0 Å². The quantitative estimate of drug-likeness (QED) is 0.729. The van der Waals surface area contributed by atoms with Gasteiger partial charge in [-0.3, -0.25) is 0 Å². The highest BCUT2D eigenvalue weighted by Crippen LogP contribution is 2.30. The van der Waals surface area contributed by atoms with E-state index in [4.69, 9.17) is 20.9 Å². The third kappa shape index (κ3) is 3.06. The molecule has 0 fully saturated rings. The Kier molecular flexibility index (Phi) is 4.20. The van der Waals surface area contributed by atoms with Gasteiger partial charge in [0.15, 0.2) is 11.5 Å². The van der Waals surface area contributed by atoms with Gasteiger partial charge in [-0.2, -0.15) is 0 Å². The maximum atomic E-state index is 5.92. The molecule has 0 atom stereocenters. The highest BCUT2D eigenvalue weighted by molar-refractivity contribution is 5.58. The van der Waals surface area contributed by atoms with Crippen molar-refractivity contribution in [3.05, 3.63) is 42.0 Å². The maximum absolute atomic E-state index is 5.92. The Morgan fingerprint density at radius 2 is 1.70 bits per heavy atom. The molecule has 5 N–H and O–H groups in total. The molecule has 0 heterocycles. The minimum absolute atomic E-state index is 0.590. The summed E-state index contributed by atoms with van der Waals surface area (Å²) in [7, 11) is 3.22. The van der Waals surface area contributed by atoms with Crippen molar-refractivity contribution in [3.8, 4) is 11.5 Å². The topological polar surface area (TPSA) is 82.5 Å². The number of nitrogens with one attached hydrogen (secondary N) is 1. The highest BCUT2D eigenvalue weighted by Gasteiger charge is 2.05. The lowest BCUT2D eigenvalue weighted by Crippen LogP contribution is -2.04. The molecule has 5 heteroatoms. The van der Waals surface area contributed by atoms with E-state index >= 15 is 0 Å². The summed E-state index contributed by atoms with van der Waals surface area (Å²) >= 11 is 0. The summed E-state index contributed by atoms with van der Waals surface area (Å²) in [5, 5.41) is 3.28. The summed E-state index contributed by atoms with van der Waals surface area (Å²) in [4.78, 5) is 0. The Morgan fingerprint density at radius 1 is 0.950 bits per heavy atom. The van der Waals surface area contributed by atoms with Gasteiger partial charge in [-0.1, -0.05) is 0 Å². The first kappa shape index (κ1) is 13.9. The van der Waals surface area contributed by atoms with E-state index in [0.29, 0.717) is 29.4 Å². The summed E-state index contributed by atoms with van der Waals surface area (Å²) in [6.07, 6.45) is 0. The second-order valence-electron chi connectivity index (χ2n) is 4.38. The van der Waals surface area contributed by atoms with E-state index in [1.54, 1.807) is 26.4 Å². The smallest absolute Gasteiger partial charge is 0.162 e. The van der Waals surface area contributed by atoms with Crippen molar-refractivity contribution in [3.63, 3.8) is 0 Å². The molecule has 2 rings (SSSR count). The molecule has 20 heavy (non-hydrogen) atoms. The number of benzene rings is 2. The molecule has 0 saturated heterocycles. The van der Waals surface area contributed by atoms with Crippen molar-refractivity contribution in [2.45, 2.75) is 6.54 Å². The first-order valence-corrected chi connectivity index (χ1v) is 6.24. The molecular weight excluding hydrogens is 254 g/mol. The first-order chi connectivity index (χ1) is 9.63. The Bertz CT molecular complexity index is 600. The van der Waals surface area contributed by atoms with Gasteiger partial charge in [-0.05, 0) is 35.9 Å². The van der Waals surface area contributed by atoms with Gasteiger partial charge in [0.1, 0.15) is 0 Å². The zero-order valence-electron chi connectivity index (χ0n) is 11.6. The molecule has 0 aliphatic heterocycles. The van der Waals surface area contributed by atoms with Gasteiger partial charge in [0.05, 0.1) is 14.2 Å². The molecule has 0 amide bonds. The number of hydrogen-bond acceptors (Lipinski definition) is 5. The van der Waals surface area contributed by atoms with Crippen LogP contribution in [0.4, 0.5) is 17.1 Å². The highest BCUT2D eigenvalue weighted by atomic mass is 16.5. The lowest BCUT2D eigenvalue weighted by atomic mass is 10.1. The molecule has 0 aromatic heterocycles. The predicted molar refractivity (Wildman–Crippen MR) is 82.1 cm³/mol. The second-order valence-corrected chi connectivity index (χ2v) is 4.38. The molecule has 0 bridgehead atoms. The fourth-order valence-electron chi connectivity index (χ4n) is 1.92. The summed E-state index contributed by atoms with van der Waals surface area (Å²) in [6.45, 7) is 0.590. The van der Waals surface area contributed by atoms with Gasteiger partial charge in [0, 0.05) is 29.7 Å². The van der Waals surface area contributed by atoms with Crippen LogP contribution in [0.15, 0.2) is 36.4 Å². The van der Waals surface area contributed by atoms with Gasteiger partial charge >= 0.3 is 0 Å². The molecule has 0 radical (unpaired) electrons. The monoisotopic (exact) mass is 273 g/mol. The number of hydrogen-bond donors (Lipinski definition) is 3. The van der Waals surface area contributed by atoms with E-state index < -0.39 is 0 Å².